The molecule has 2 heterocycles. The number of aromatic amines is 1. The summed E-state index contributed by atoms with van der Waals surface area (Å²) in [5.41, 5.74) is 1.13. The Balaban J connectivity index is 1.89. The highest BCUT2D eigenvalue weighted by Gasteiger charge is 2.34. The fraction of sp³-hybridized carbons (Fsp3) is 0.357. The number of hydrogen-bond donors (Lipinski definition) is 1. The average molecular weight is 288 g/mol. The van der Waals surface area contributed by atoms with Crippen LogP contribution in [-0.4, -0.2) is 25.6 Å². The third-order valence-electron chi connectivity index (χ3n) is 3.74. The van der Waals surface area contributed by atoms with Gasteiger partial charge in [-0.05, 0) is 24.2 Å². The fourth-order valence-electron chi connectivity index (χ4n) is 2.64. The van der Waals surface area contributed by atoms with Crippen molar-refractivity contribution < 1.29 is 4.79 Å². The molecule has 0 radical (unpaired) electrons. The summed E-state index contributed by atoms with van der Waals surface area (Å²) in [6.07, 6.45) is 1.36. The number of hydrogen-bond acceptors (Lipinski definition) is 3. The number of rotatable bonds is 3. The van der Waals surface area contributed by atoms with E-state index in [9.17, 15) is 4.79 Å². The van der Waals surface area contributed by atoms with Crippen LogP contribution in [0.25, 0.3) is 0 Å². The van der Waals surface area contributed by atoms with Crippen molar-refractivity contribution in [1.82, 2.24) is 19.7 Å². The Labute approximate surface area is 122 Å². The highest BCUT2D eigenvalue weighted by Crippen LogP contribution is 2.32. The van der Waals surface area contributed by atoms with E-state index in [-0.39, 0.29) is 11.9 Å². The van der Waals surface area contributed by atoms with Gasteiger partial charge < -0.3 is 9.47 Å². The quantitative estimate of drug-likeness (QED) is 0.882. The number of carbonyl (C=O) groups excluding carboxylic acids is 1. The molecular formula is C14H16N4OS. The van der Waals surface area contributed by atoms with Crippen LogP contribution in [-0.2, 0) is 18.4 Å². The monoisotopic (exact) mass is 288 g/mol. The molecule has 1 N–H and O–H groups in total. The number of aromatic nitrogens is 3. The predicted molar refractivity (Wildman–Crippen MR) is 77.4 cm³/mol. The lowest BCUT2D eigenvalue weighted by Gasteiger charge is -2.24. The number of benzene rings is 1. The number of nitrogens with zero attached hydrogens (tertiary/aromatic N) is 3. The zero-order valence-electron chi connectivity index (χ0n) is 11.2. The van der Waals surface area contributed by atoms with E-state index < -0.39 is 0 Å². The van der Waals surface area contributed by atoms with Gasteiger partial charge in [0.2, 0.25) is 5.91 Å². The Morgan fingerprint density at radius 2 is 2.15 bits per heavy atom. The van der Waals surface area contributed by atoms with Crippen LogP contribution in [0.4, 0.5) is 0 Å². The maximum Gasteiger partial charge on any atom is 0.223 e. The number of H-pyrrole nitrogens is 1. The van der Waals surface area contributed by atoms with Gasteiger partial charge in [0.05, 0.1) is 6.04 Å². The fourth-order valence-corrected chi connectivity index (χ4v) is 2.78. The molecule has 20 heavy (non-hydrogen) atoms. The number of carbonyl (C=O) groups is 1. The van der Waals surface area contributed by atoms with Crippen LogP contribution in [0.5, 0.6) is 0 Å². The smallest absolute Gasteiger partial charge is 0.223 e. The van der Waals surface area contributed by atoms with Crippen LogP contribution in [0, 0.1) is 4.77 Å². The number of amides is 1. The van der Waals surface area contributed by atoms with Crippen LogP contribution >= 0.6 is 12.2 Å². The molecule has 1 aromatic carbocycles. The standard InChI is InChI=1S/C14H16N4OS/c1-17-13(15-16-14(17)20)11-7-8-12(19)18(11)9-10-5-3-2-4-6-10/h2-6,11H,7-9H2,1H3,(H,16,20). The largest absolute Gasteiger partial charge is 0.328 e. The van der Waals surface area contributed by atoms with Crippen molar-refractivity contribution in [3.63, 3.8) is 0 Å². The third kappa shape index (κ3) is 2.27. The Morgan fingerprint density at radius 1 is 1.40 bits per heavy atom. The Morgan fingerprint density at radius 3 is 2.80 bits per heavy atom. The molecular weight excluding hydrogens is 272 g/mol. The molecule has 1 aromatic heterocycles. The lowest BCUT2D eigenvalue weighted by atomic mass is 10.1. The highest BCUT2D eigenvalue weighted by atomic mass is 32.1. The third-order valence-corrected chi connectivity index (χ3v) is 4.10. The lowest BCUT2D eigenvalue weighted by molar-refractivity contribution is -0.129. The van der Waals surface area contributed by atoms with Crippen molar-refractivity contribution in [2.24, 2.45) is 7.05 Å². The summed E-state index contributed by atoms with van der Waals surface area (Å²) in [7, 11) is 1.88. The van der Waals surface area contributed by atoms with Crippen molar-refractivity contribution in [3.8, 4) is 0 Å². The summed E-state index contributed by atoms with van der Waals surface area (Å²) < 4.78 is 2.43. The molecule has 1 aliphatic heterocycles. The molecule has 1 atom stereocenters. The van der Waals surface area contributed by atoms with E-state index in [2.05, 4.69) is 10.2 Å². The predicted octanol–water partition coefficient (Wildman–Crippen LogP) is 2.34. The minimum atomic E-state index is 0.000608. The van der Waals surface area contributed by atoms with Crippen molar-refractivity contribution in [3.05, 3.63) is 46.5 Å². The molecule has 6 heteroatoms. The van der Waals surface area contributed by atoms with Gasteiger partial charge in [0.25, 0.3) is 0 Å². The zero-order valence-corrected chi connectivity index (χ0v) is 12.1. The van der Waals surface area contributed by atoms with Gasteiger partial charge in [-0.2, -0.15) is 5.10 Å². The normalized spacial score (nSPS) is 18.8. The van der Waals surface area contributed by atoms with Gasteiger partial charge in [0.1, 0.15) is 0 Å². The van der Waals surface area contributed by atoms with E-state index in [0.29, 0.717) is 17.7 Å². The maximum absolute atomic E-state index is 12.1. The summed E-state index contributed by atoms with van der Waals surface area (Å²) in [6.45, 7) is 0.615. The van der Waals surface area contributed by atoms with E-state index in [4.69, 9.17) is 12.2 Å². The Bertz CT molecular complexity index is 676. The first-order valence-electron chi connectivity index (χ1n) is 6.61. The van der Waals surface area contributed by atoms with Crippen molar-refractivity contribution in [2.45, 2.75) is 25.4 Å². The summed E-state index contributed by atoms with van der Waals surface area (Å²) in [5, 5.41) is 7.07. The van der Waals surface area contributed by atoms with Crippen LogP contribution in [0.2, 0.25) is 0 Å². The first-order chi connectivity index (χ1) is 9.66. The molecule has 3 rings (SSSR count). The van der Waals surface area contributed by atoms with Crippen LogP contribution in [0.15, 0.2) is 30.3 Å². The van der Waals surface area contributed by atoms with Crippen LogP contribution < -0.4 is 0 Å². The summed E-state index contributed by atoms with van der Waals surface area (Å²) in [4.78, 5) is 14.0. The second-order valence-corrected chi connectivity index (χ2v) is 5.39. The van der Waals surface area contributed by atoms with Gasteiger partial charge in [0.15, 0.2) is 10.6 Å². The summed E-state index contributed by atoms with van der Waals surface area (Å²) in [6, 6.07) is 10.0. The topological polar surface area (TPSA) is 53.9 Å². The van der Waals surface area contributed by atoms with Crippen molar-refractivity contribution in [1.29, 1.82) is 0 Å². The molecule has 0 spiro atoms. The first-order valence-corrected chi connectivity index (χ1v) is 7.02. The van der Waals surface area contributed by atoms with E-state index in [0.717, 1.165) is 17.8 Å². The van der Waals surface area contributed by atoms with Crippen molar-refractivity contribution in [2.75, 3.05) is 0 Å². The summed E-state index contributed by atoms with van der Waals surface area (Å²) in [5.74, 6) is 1.00. The molecule has 2 aromatic rings. The molecule has 1 saturated heterocycles. The molecule has 1 fully saturated rings. The molecule has 0 bridgehead atoms. The van der Waals surface area contributed by atoms with Gasteiger partial charge in [-0.1, -0.05) is 30.3 Å². The number of likely N-dealkylation sites (tertiary alicyclic amines) is 1. The van der Waals surface area contributed by atoms with E-state index in [1.165, 1.54) is 0 Å². The molecule has 1 unspecified atom stereocenters. The van der Waals surface area contributed by atoms with E-state index >= 15 is 0 Å². The minimum Gasteiger partial charge on any atom is -0.328 e. The van der Waals surface area contributed by atoms with Gasteiger partial charge in [-0.3, -0.25) is 9.89 Å². The second-order valence-electron chi connectivity index (χ2n) is 5.01. The molecule has 5 nitrogen and oxygen atoms in total. The van der Waals surface area contributed by atoms with Gasteiger partial charge in [0, 0.05) is 20.0 Å². The SMILES string of the molecule is Cn1c(C2CCC(=O)N2Cc2ccccc2)n[nH]c1=S. The molecule has 0 aliphatic carbocycles. The maximum atomic E-state index is 12.1. The van der Waals surface area contributed by atoms with Gasteiger partial charge in [-0.15, -0.1) is 0 Å². The average Bonchev–Trinajstić information content (AvgIpc) is 2.97. The molecule has 104 valence electrons. The van der Waals surface area contributed by atoms with Gasteiger partial charge >= 0.3 is 0 Å². The van der Waals surface area contributed by atoms with E-state index in [1.54, 1.807) is 0 Å². The summed E-state index contributed by atoms with van der Waals surface area (Å²) >= 11 is 5.15. The molecule has 1 aliphatic rings. The highest BCUT2D eigenvalue weighted by molar-refractivity contribution is 7.71. The lowest BCUT2D eigenvalue weighted by Crippen LogP contribution is -2.28. The molecule has 0 saturated carbocycles. The zero-order chi connectivity index (χ0) is 14.1. The Hall–Kier alpha value is -1.95. The second kappa shape index (κ2) is 5.20. The van der Waals surface area contributed by atoms with E-state index in [1.807, 2.05) is 46.8 Å². The van der Waals surface area contributed by atoms with Gasteiger partial charge in [-0.25, -0.2) is 0 Å². The minimum absolute atomic E-state index is 0.000608. The Kier molecular flexibility index (Phi) is 3.40. The van der Waals surface area contributed by atoms with Crippen molar-refractivity contribution >= 4 is 18.1 Å². The number of nitrogens with one attached hydrogen (secondary N) is 1. The van der Waals surface area contributed by atoms with Crippen LogP contribution in [0.1, 0.15) is 30.3 Å². The van der Waals surface area contributed by atoms with Crippen LogP contribution in [0.3, 0.4) is 0 Å². The first kappa shape index (κ1) is 13.1. The molecule has 1 amide bonds.